The number of nitrogens with zero attached hydrogens (tertiary/aromatic N) is 3. The first-order valence-electron chi connectivity index (χ1n) is 14.3. The summed E-state index contributed by atoms with van der Waals surface area (Å²) in [6, 6.07) is 18.1. The molecule has 2 aromatic heterocycles. The van der Waals surface area contributed by atoms with E-state index in [1.165, 1.54) is 0 Å². The highest BCUT2D eigenvalue weighted by molar-refractivity contribution is 6.35. The molecule has 0 aliphatic heterocycles. The van der Waals surface area contributed by atoms with Crippen LogP contribution >= 0.6 is 23.2 Å². The molecule has 0 spiro atoms. The van der Waals surface area contributed by atoms with Crippen LogP contribution < -0.4 is 10.5 Å². The fraction of sp³-hybridized carbons (Fsp3) is 0.333. The fourth-order valence-corrected chi connectivity index (χ4v) is 6.17. The zero-order valence-corrected chi connectivity index (χ0v) is 25.8. The third-order valence-corrected chi connectivity index (χ3v) is 8.26. The van der Waals surface area contributed by atoms with Crippen molar-refractivity contribution in [2.24, 2.45) is 12.8 Å². The molecule has 7 nitrogen and oxygen atoms in total. The van der Waals surface area contributed by atoms with E-state index in [1.54, 1.807) is 0 Å². The lowest BCUT2D eigenvalue weighted by molar-refractivity contribution is 0.0512. The molecule has 0 radical (unpaired) electrons. The summed E-state index contributed by atoms with van der Waals surface area (Å²) < 4.78 is 15.7. The van der Waals surface area contributed by atoms with Gasteiger partial charge in [0.2, 0.25) is 0 Å². The van der Waals surface area contributed by atoms with Gasteiger partial charge in [-0.25, -0.2) is 4.79 Å². The van der Waals surface area contributed by atoms with Crippen LogP contribution in [0.1, 0.15) is 47.2 Å². The van der Waals surface area contributed by atoms with Gasteiger partial charge in [0.15, 0.2) is 0 Å². The molecular formula is C33H36Cl2N4O3. The lowest BCUT2D eigenvalue weighted by atomic mass is 9.98. The van der Waals surface area contributed by atoms with E-state index in [4.69, 9.17) is 38.4 Å². The van der Waals surface area contributed by atoms with Gasteiger partial charge in [0.25, 0.3) is 0 Å². The van der Waals surface area contributed by atoms with Crippen molar-refractivity contribution in [3.05, 3.63) is 82.3 Å². The van der Waals surface area contributed by atoms with Crippen molar-refractivity contribution in [3.8, 4) is 16.9 Å². The van der Waals surface area contributed by atoms with Crippen molar-refractivity contribution >= 4 is 50.8 Å². The zero-order valence-electron chi connectivity index (χ0n) is 24.3. The number of benzene rings is 3. The quantitative estimate of drug-likeness (QED) is 0.0906. The van der Waals surface area contributed by atoms with E-state index < -0.39 is 0 Å². The Kier molecular flexibility index (Phi) is 9.41. The smallest absolute Gasteiger partial charge is 0.355 e. The van der Waals surface area contributed by atoms with Crippen LogP contribution in [-0.2, 0) is 30.6 Å². The number of halogens is 2. The number of carbonyl (C=O) groups is 1. The maximum atomic E-state index is 13.6. The van der Waals surface area contributed by atoms with Crippen molar-refractivity contribution in [2.75, 3.05) is 19.8 Å². The van der Waals surface area contributed by atoms with Crippen LogP contribution in [0, 0.1) is 6.92 Å². The molecule has 220 valence electrons. The third kappa shape index (κ3) is 5.61. The van der Waals surface area contributed by atoms with E-state index >= 15 is 0 Å². The molecule has 2 heterocycles. The third-order valence-electron chi connectivity index (χ3n) is 7.69. The summed E-state index contributed by atoms with van der Waals surface area (Å²) in [4.78, 5) is 13.6. The SMILES string of the molecule is CCOC(=O)c1c(CCCOc2cccc3ccccc23)c2ccc(Cl)c(-c3c(CCl)nn(C)c3C)c2n1CCCN. The molecule has 0 aliphatic rings. The summed E-state index contributed by atoms with van der Waals surface area (Å²) in [5.74, 6) is 0.716. The largest absolute Gasteiger partial charge is 0.493 e. The molecular weight excluding hydrogens is 571 g/mol. The van der Waals surface area contributed by atoms with Crippen molar-refractivity contribution in [2.45, 2.75) is 45.5 Å². The number of carbonyl (C=O) groups excluding carboxylic acids is 1. The topological polar surface area (TPSA) is 84.3 Å². The van der Waals surface area contributed by atoms with Gasteiger partial charge < -0.3 is 19.8 Å². The highest BCUT2D eigenvalue weighted by Crippen LogP contribution is 2.42. The van der Waals surface area contributed by atoms with Crippen molar-refractivity contribution in [3.63, 3.8) is 0 Å². The number of aromatic nitrogens is 3. The minimum atomic E-state index is -0.363. The van der Waals surface area contributed by atoms with Crippen LogP contribution in [0.25, 0.3) is 32.8 Å². The highest BCUT2D eigenvalue weighted by atomic mass is 35.5. The first-order valence-corrected chi connectivity index (χ1v) is 15.2. The van der Waals surface area contributed by atoms with Gasteiger partial charge in [-0.05, 0) is 62.7 Å². The van der Waals surface area contributed by atoms with Crippen molar-refractivity contribution in [1.29, 1.82) is 0 Å². The summed E-state index contributed by atoms with van der Waals surface area (Å²) in [7, 11) is 1.89. The Morgan fingerprint density at radius 1 is 1.02 bits per heavy atom. The first kappa shape index (κ1) is 30.0. The molecule has 5 rings (SSSR count). The highest BCUT2D eigenvalue weighted by Gasteiger charge is 2.28. The number of fused-ring (bicyclic) bond motifs is 2. The van der Waals surface area contributed by atoms with E-state index in [1.807, 2.05) is 66.5 Å². The minimum Gasteiger partial charge on any atom is -0.493 e. The molecule has 3 aromatic carbocycles. The lowest BCUT2D eigenvalue weighted by Crippen LogP contribution is -2.16. The molecule has 0 bridgehead atoms. The Labute approximate surface area is 256 Å². The van der Waals surface area contributed by atoms with Gasteiger partial charge in [-0.3, -0.25) is 4.68 Å². The van der Waals surface area contributed by atoms with Gasteiger partial charge in [-0.2, -0.15) is 5.10 Å². The monoisotopic (exact) mass is 606 g/mol. The summed E-state index contributed by atoms with van der Waals surface area (Å²) in [5.41, 5.74) is 11.6. The molecule has 0 fully saturated rings. The Balaban J connectivity index is 1.61. The normalized spacial score (nSPS) is 11.5. The number of esters is 1. The Morgan fingerprint density at radius 2 is 1.81 bits per heavy atom. The molecule has 0 amide bonds. The van der Waals surface area contributed by atoms with Crippen LogP contribution in [0.4, 0.5) is 0 Å². The van der Waals surface area contributed by atoms with Crippen molar-refractivity contribution < 1.29 is 14.3 Å². The lowest BCUT2D eigenvalue weighted by Gasteiger charge is -2.14. The molecule has 5 aromatic rings. The van der Waals surface area contributed by atoms with Gasteiger partial charge in [-0.1, -0.05) is 54.1 Å². The van der Waals surface area contributed by atoms with Gasteiger partial charge in [-0.15, -0.1) is 11.6 Å². The number of hydrogen-bond donors (Lipinski definition) is 1. The van der Waals surface area contributed by atoms with Gasteiger partial charge in [0.1, 0.15) is 11.4 Å². The summed E-state index contributed by atoms with van der Waals surface area (Å²) in [6.07, 6.45) is 1.99. The van der Waals surface area contributed by atoms with Gasteiger partial charge in [0.05, 0.1) is 35.3 Å². The van der Waals surface area contributed by atoms with E-state index in [0.717, 1.165) is 55.5 Å². The average molecular weight is 608 g/mol. The second-order valence-corrected chi connectivity index (χ2v) is 10.9. The van der Waals surface area contributed by atoms with Crippen LogP contribution in [0.3, 0.4) is 0 Å². The van der Waals surface area contributed by atoms with E-state index in [2.05, 4.69) is 23.3 Å². The van der Waals surface area contributed by atoms with Crippen LogP contribution in [0.2, 0.25) is 5.02 Å². The van der Waals surface area contributed by atoms with Gasteiger partial charge >= 0.3 is 5.97 Å². The second-order valence-electron chi connectivity index (χ2n) is 10.3. The fourth-order valence-electron chi connectivity index (χ4n) is 5.74. The summed E-state index contributed by atoms with van der Waals surface area (Å²) in [6.45, 7) is 5.59. The number of rotatable bonds is 12. The Hall–Kier alpha value is -3.52. The number of hydrogen-bond acceptors (Lipinski definition) is 5. The molecule has 0 aliphatic carbocycles. The Morgan fingerprint density at radius 3 is 2.57 bits per heavy atom. The van der Waals surface area contributed by atoms with E-state index in [9.17, 15) is 4.79 Å². The molecule has 0 saturated carbocycles. The molecule has 0 atom stereocenters. The maximum absolute atomic E-state index is 13.6. The summed E-state index contributed by atoms with van der Waals surface area (Å²) in [5, 5.41) is 8.36. The van der Waals surface area contributed by atoms with Crippen LogP contribution in [0.15, 0.2) is 54.6 Å². The van der Waals surface area contributed by atoms with E-state index in [0.29, 0.717) is 49.7 Å². The number of alkyl halides is 1. The predicted molar refractivity (Wildman–Crippen MR) is 171 cm³/mol. The summed E-state index contributed by atoms with van der Waals surface area (Å²) >= 11 is 13.3. The standard InChI is InChI=1S/C33H36Cl2N4O3/c1-4-41-33(40)32-24(13-8-19-42-28-14-7-11-22-10-5-6-12-23(22)28)25-15-16-26(35)30(31(25)39(32)18-9-17-36)29-21(2)38(3)37-27(29)20-34/h5-7,10-12,14-16H,4,8-9,13,17-20,36H2,1-3H3. The van der Waals surface area contributed by atoms with Crippen molar-refractivity contribution in [1.82, 2.24) is 14.3 Å². The molecule has 2 N–H and O–H groups in total. The molecule has 9 heteroatoms. The number of ether oxygens (including phenoxy) is 2. The maximum Gasteiger partial charge on any atom is 0.355 e. The average Bonchev–Trinajstić information content (AvgIpc) is 3.46. The Bertz CT molecular complexity index is 1740. The molecule has 42 heavy (non-hydrogen) atoms. The van der Waals surface area contributed by atoms with Gasteiger partial charge in [0, 0.05) is 41.2 Å². The minimum absolute atomic E-state index is 0.232. The van der Waals surface area contributed by atoms with Crippen LogP contribution in [-0.4, -0.2) is 40.1 Å². The number of aryl methyl sites for hydroxylation is 3. The van der Waals surface area contributed by atoms with Crippen LogP contribution in [0.5, 0.6) is 5.75 Å². The molecule has 0 unspecified atom stereocenters. The second kappa shape index (κ2) is 13.2. The van der Waals surface area contributed by atoms with E-state index in [-0.39, 0.29) is 18.5 Å². The molecule has 0 saturated heterocycles. The predicted octanol–water partition coefficient (Wildman–Crippen LogP) is 7.43. The number of nitrogens with two attached hydrogens (primary N) is 1. The zero-order chi connectivity index (χ0) is 29.8. The first-order chi connectivity index (χ1) is 20.4.